The molecular weight excluding hydrogens is 248 g/mol. The first kappa shape index (κ1) is 10.9. The van der Waals surface area contributed by atoms with Crippen molar-refractivity contribution >= 4 is 10.0 Å². The first-order chi connectivity index (χ1) is 8.59. The highest BCUT2D eigenvalue weighted by atomic mass is 32.2. The van der Waals surface area contributed by atoms with Gasteiger partial charge in [-0.25, -0.2) is 13.4 Å². The number of fused-ring (bicyclic) bond motifs is 5. The second-order valence-corrected chi connectivity index (χ2v) is 7.61. The van der Waals surface area contributed by atoms with E-state index in [0.717, 1.165) is 5.56 Å². The van der Waals surface area contributed by atoms with Crippen molar-refractivity contribution in [1.82, 2.24) is 9.29 Å². The summed E-state index contributed by atoms with van der Waals surface area (Å²) in [6.45, 7) is 1.91. The zero-order valence-corrected chi connectivity index (χ0v) is 11.1. The molecule has 2 aliphatic carbocycles. The summed E-state index contributed by atoms with van der Waals surface area (Å²) in [4.78, 5) is 4.08. The number of nitrogens with zero attached hydrogens (tertiary/aromatic N) is 2. The van der Waals surface area contributed by atoms with Gasteiger partial charge in [0, 0.05) is 18.3 Å². The Balaban J connectivity index is 1.68. The van der Waals surface area contributed by atoms with Gasteiger partial charge < -0.3 is 0 Å². The van der Waals surface area contributed by atoms with Gasteiger partial charge in [0.1, 0.15) is 0 Å². The van der Waals surface area contributed by atoms with Crippen LogP contribution in [0.5, 0.6) is 0 Å². The molecule has 2 bridgehead atoms. The predicted octanol–water partition coefficient (Wildman–Crippen LogP) is 1.56. The molecule has 3 fully saturated rings. The molecule has 1 unspecified atom stereocenters. The molecule has 5 atom stereocenters. The van der Waals surface area contributed by atoms with Gasteiger partial charge in [0.25, 0.3) is 10.0 Å². The minimum atomic E-state index is -3.35. The summed E-state index contributed by atoms with van der Waals surface area (Å²) in [7, 11) is -3.35. The molecule has 96 valence electrons. The maximum Gasteiger partial charge on any atom is 0.261 e. The molecule has 0 spiro atoms. The first-order valence-electron chi connectivity index (χ1n) is 6.55. The van der Waals surface area contributed by atoms with E-state index in [2.05, 4.69) is 4.98 Å². The van der Waals surface area contributed by atoms with E-state index < -0.39 is 10.0 Å². The fourth-order valence-electron chi connectivity index (χ4n) is 3.93. The van der Waals surface area contributed by atoms with Crippen molar-refractivity contribution in [2.75, 3.05) is 0 Å². The van der Waals surface area contributed by atoms with Crippen molar-refractivity contribution in [1.29, 1.82) is 0 Å². The number of aromatic nitrogens is 1. The van der Waals surface area contributed by atoms with E-state index in [1.54, 1.807) is 16.6 Å². The topological polar surface area (TPSA) is 50.0 Å². The summed E-state index contributed by atoms with van der Waals surface area (Å²) in [6.07, 6.45) is 5.28. The first-order valence-corrected chi connectivity index (χ1v) is 7.99. The average molecular weight is 264 g/mol. The van der Waals surface area contributed by atoms with Crippen LogP contribution in [0.3, 0.4) is 0 Å². The third-order valence-electron chi connectivity index (χ3n) is 4.75. The Morgan fingerprint density at radius 3 is 2.44 bits per heavy atom. The van der Waals surface area contributed by atoms with Crippen molar-refractivity contribution < 1.29 is 8.42 Å². The Morgan fingerprint density at radius 2 is 1.89 bits per heavy atom. The van der Waals surface area contributed by atoms with E-state index in [0.29, 0.717) is 11.8 Å². The molecule has 0 amide bonds. The van der Waals surface area contributed by atoms with Gasteiger partial charge in [-0.3, -0.25) is 0 Å². The zero-order chi connectivity index (χ0) is 12.5. The van der Waals surface area contributed by atoms with Gasteiger partial charge in [0.15, 0.2) is 5.03 Å². The standard InChI is InChI=1S/C13H16N2O2S/c1-8-2-5-11(14-7-8)18(16,17)15-12-9-3-4-10(6-9)13(12)15/h2,5,7,9-10,12-13H,3-4,6H2,1H3/t9-,10+,12+,13-,15?. The molecule has 1 aliphatic heterocycles. The summed E-state index contributed by atoms with van der Waals surface area (Å²) < 4.78 is 26.7. The van der Waals surface area contributed by atoms with Crippen LogP contribution in [-0.2, 0) is 10.0 Å². The summed E-state index contributed by atoms with van der Waals surface area (Å²) in [5.74, 6) is 1.22. The largest absolute Gasteiger partial charge is 0.261 e. The molecule has 1 saturated heterocycles. The highest BCUT2D eigenvalue weighted by Crippen LogP contribution is 2.59. The predicted molar refractivity (Wildman–Crippen MR) is 66.4 cm³/mol. The highest BCUT2D eigenvalue weighted by Gasteiger charge is 2.68. The van der Waals surface area contributed by atoms with E-state index >= 15 is 0 Å². The van der Waals surface area contributed by atoms with Crippen LogP contribution in [0.1, 0.15) is 24.8 Å². The van der Waals surface area contributed by atoms with Crippen molar-refractivity contribution in [3.8, 4) is 0 Å². The van der Waals surface area contributed by atoms with Crippen LogP contribution < -0.4 is 0 Å². The number of aryl methyl sites for hydroxylation is 1. The van der Waals surface area contributed by atoms with Crippen LogP contribution in [0.25, 0.3) is 0 Å². The molecule has 5 heteroatoms. The van der Waals surface area contributed by atoms with E-state index in [1.807, 2.05) is 13.0 Å². The van der Waals surface area contributed by atoms with E-state index in [-0.39, 0.29) is 17.1 Å². The van der Waals surface area contributed by atoms with Gasteiger partial charge in [-0.2, -0.15) is 4.31 Å². The fraction of sp³-hybridized carbons (Fsp3) is 0.615. The van der Waals surface area contributed by atoms with Gasteiger partial charge in [0.05, 0.1) is 0 Å². The van der Waals surface area contributed by atoms with Gasteiger partial charge in [0.2, 0.25) is 0 Å². The molecule has 18 heavy (non-hydrogen) atoms. The Hall–Kier alpha value is -0.940. The molecule has 3 aliphatic rings. The second kappa shape index (κ2) is 3.33. The number of pyridine rings is 1. The van der Waals surface area contributed by atoms with Gasteiger partial charge in [-0.1, -0.05) is 6.07 Å². The lowest BCUT2D eigenvalue weighted by Crippen LogP contribution is -2.22. The lowest BCUT2D eigenvalue weighted by atomic mass is 10.0. The smallest absolute Gasteiger partial charge is 0.243 e. The Kier molecular flexibility index (Phi) is 2.02. The zero-order valence-electron chi connectivity index (χ0n) is 10.3. The molecule has 1 aromatic rings. The minimum Gasteiger partial charge on any atom is -0.243 e. The van der Waals surface area contributed by atoms with E-state index in [4.69, 9.17) is 0 Å². The van der Waals surface area contributed by atoms with E-state index in [9.17, 15) is 8.42 Å². The minimum absolute atomic E-state index is 0.210. The number of hydrogen-bond donors (Lipinski definition) is 0. The summed E-state index contributed by atoms with van der Waals surface area (Å²) in [6, 6.07) is 4.02. The van der Waals surface area contributed by atoms with Crippen LogP contribution in [0.15, 0.2) is 23.4 Å². The molecule has 4 rings (SSSR count). The Bertz CT molecular complexity index is 580. The molecule has 1 aromatic heterocycles. The molecule has 0 aromatic carbocycles. The van der Waals surface area contributed by atoms with Crippen LogP contribution in [0.4, 0.5) is 0 Å². The van der Waals surface area contributed by atoms with Gasteiger partial charge >= 0.3 is 0 Å². The molecule has 2 saturated carbocycles. The van der Waals surface area contributed by atoms with Crippen molar-refractivity contribution in [2.45, 2.75) is 43.3 Å². The number of rotatable bonds is 2. The quantitative estimate of drug-likeness (QED) is 0.762. The summed E-state index contributed by atoms with van der Waals surface area (Å²) in [5.41, 5.74) is 0.986. The molecule has 4 nitrogen and oxygen atoms in total. The molecule has 2 heterocycles. The summed E-state index contributed by atoms with van der Waals surface area (Å²) in [5, 5.41) is 0.210. The number of hydrogen-bond acceptors (Lipinski definition) is 3. The van der Waals surface area contributed by atoms with Crippen LogP contribution in [0, 0.1) is 18.8 Å². The molecular formula is C13H16N2O2S. The number of sulfonamides is 1. The molecule has 0 radical (unpaired) electrons. The Morgan fingerprint density at radius 1 is 1.22 bits per heavy atom. The maximum atomic E-state index is 12.5. The fourth-order valence-corrected chi connectivity index (χ4v) is 5.75. The van der Waals surface area contributed by atoms with Crippen LogP contribution >= 0.6 is 0 Å². The maximum absolute atomic E-state index is 12.5. The van der Waals surface area contributed by atoms with Crippen molar-refractivity contribution in [2.24, 2.45) is 11.8 Å². The highest BCUT2D eigenvalue weighted by molar-refractivity contribution is 7.89. The van der Waals surface area contributed by atoms with Crippen molar-refractivity contribution in [3.63, 3.8) is 0 Å². The lowest BCUT2D eigenvalue weighted by molar-refractivity contribution is 0.445. The summed E-state index contributed by atoms with van der Waals surface area (Å²) >= 11 is 0. The normalized spacial score (nSPS) is 40.8. The monoisotopic (exact) mass is 264 g/mol. The third-order valence-corrected chi connectivity index (χ3v) is 6.57. The van der Waals surface area contributed by atoms with Gasteiger partial charge in [-0.15, -0.1) is 0 Å². The van der Waals surface area contributed by atoms with Crippen LogP contribution in [0.2, 0.25) is 0 Å². The Labute approximate surface area is 107 Å². The molecule has 0 N–H and O–H groups in total. The lowest BCUT2D eigenvalue weighted by Gasteiger charge is -2.12. The third kappa shape index (κ3) is 1.29. The number of piperidine rings is 1. The van der Waals surface area contributed by atoms with Crippen molar-refractivity contribution in [3.05, 3.63) is 23.9 Å². The van der Waals surface area contributed by atoms with Gasteiger partial charge in [-0.05, 0) is 49.7 Å². The second-order valence-electron chi connectivity index (χ2n) is 5.82. The average Bonchev–Trinajstić information content (AvgIpc) is 2.83. The van der Waals surface area contributed by atoms with E-state index in [1.165, 1.54) is 19.3 Å². The van der Waals surface area contributed by atoms with Crippen LogP contribution in [-0.4, -0.2) is 29.8 Å². The SMILES string of the molecule is Cc1ccc(S(=O)(=O)N2[C@@H]3[C@H]4CC[C@H](C4)[C@@H]32)nc1.